The highest BCUT2D eigenvalue weighted by molar-refractivity contribution is 4.77. The van der Waals surface area contributed by atoms with Gasteiger partial charge in [-0.15, -0.1) is 0 Å². The fraction of sp³-hybridized carbons (Fsp3) is 1.00. The van der Waals surface area contributed by atoms with Crippen LogP contribution in [0.1, 0.15) is 65.2 Å². The second kappa shape index (κ2) is 7.28. The van der Waals surface area contributed by atoms with Crippen molar-refractivity contribution >= 4 is 0 Å². The Morgan fingerprint density at radius 2 is 2.07 bits per heavy atom. The molecule has 1 rings (SSSR count). The van der Waals surface area contributed by atoms with Crippen molar-refractivity contribution in [3.05, 3.63) is 0 Å². The second-order valence-electron chi connectivity index (χ2n) is 4.72. The lowest BCUT2D eigenvalue weighted by Crippen LogP contribution is -2.35. The highest BCUT2D eigenvalue weighted by atomic mass is 14.9. The van der Waals surface area contributed by atoms with Gasteiger partial charge in [-0.2, -0.15) is 0 Å². The first-order chi connectivity index (χ1) is 6.88. The van der Waals surface area contributed by atoms with Crippen LogP contribution in [-0.4, -0.2) is 12.6 Å². The van der Waals surface area contributed by atoms with E-state index in [1.54, 1.807) is 0 Å². The number of nitrogens with one attached hydrogen (secondary N) is 1. The first-order valence-electron chi connectivity index (χ1n) is 6.61. The van der Waals surface area contributed by atoms with Crippen molar-refractivity contribution < 1.29 is 0 Å². The summed E-state index contributed by atoms with van der Waals surface area (Å²) in [7, 11) is 0. The van der Waals surface area contributed by atoms with E-state index in [4.69, 9.17) is 0 Å². The van der Waals surface area contributed by atoms with Crippen LogP contribution in [0, 0.1) is 5.92 Å². The summed E-state index contributed by atoms with van der Waals surface area (Å²) in [5.41, 5.74) is 0. The Hall–Kier alpha value is -0.0400. The summed E-state index contributed by atoms with van der Waals surface area (Å²) in [6.07, 6.45) is 11.2. The van der Waals surface area contributed by atoms with Gasteiger partial charge >= 0.3 is 0 Å². The molecule has 1 heterocycles. The van der Waals surface area contributed by atoms with Gasteiger partial charge in [0.15, 0.2) is 0 Å². The molecule has 0 radical (unpaired) electrons. The van der Waals surface area contributed by atoms with E-state index in [2.05, 4.69) is 19.2 Å². The summed E-state index contributed by atoms with van der Waals surface area (Å²) < 4.78 is 0. The quantitative estimate of drug-likeness (QED) is 0.708. The van der Waals surface area contributed by atoms with Crippen molar-refractivity contribution in [2.75, 3.05) is 6.54 Å². The summed E-state index contributed by atoms with van der Waals surface area (Å²) in [4.78, 5) is 0. The molecule has 0 aromatic carbocycles. The third kappa shape index (κ3) is 4.00. The Morgan fingerprint density at radius 3 is 2.79 bits per heavy atom. The van der Waals surface area contributed by atoms with Crippen molar-refractivity contribution in [1.82, 2.24) is 5.32 Å². The number of hydrogen-bond acceptors (Lipinski definition) is 1. The average Bonchev–Trinajstić information content (AvgIpc) is 2.48. The van der Waals surface area contributed by atoms with Gasteiger partial charge in [0.05, 0.1) is 0 Å². The molecule has 0 spiro atoms. The minimum Gasteiger partial charge on any atom is -0.314 e. The van der Waals surface area contributed by atoms with E-state index in [0.29, 0.717) is 0 Å². The van der Waals surface area contributed by atoms with Crippen LogP contribution in [0.15, 0.2) is 0 Å². The molecule has 0 bridgehead atoms. The van der Waals surface area contributed by atoms with Crippen molar-refractivity contribution in [3.8, 4) is 0 Å². The highest BCUT2D eigenvalue weighted by Gasteiger charge is 2.19. The molecule has 1 aliphatic heterocycles. The monoisotopic (exact) mass is 197 g/mol. The molecular weight excluding hydrogens is 170 g/mol. The summed E-state index contributed by atoms with van der Waals surface area (Å²) in [6.45, 7) is 5.91. The Labute approximate surface area is 89.7 Å². The predicted octanol–water partition coefficient (Wildman–Crippen LogP) is 3.74. The molecule has 0 aromatic rings. The van der Waals surface area contributed by atoms with E-state index < -0.39 is 0 Å². The summed E-state index contributed by atoms with van der Waals surface area (Å²) in [6, 6.07) is 0.828. The first kappa shape index (κ1) is 12.0. The van der Waals surface area contributed by atoms with Gasteiger partial charge in [0.2, 0.25) is 0 Å². The standard InChI is InChI=1S/C13H27N/c1-3-5-9-12(4-2)13-10-7-6-8-11-14-13/h12-14H,3-11H2,1-2H3. The van der Waals surface area contributed by atoms with Gasteiger partial charge in [0, 0.05) is 6.04 Å². The highest BCUT2D eigenvalue weighted by Crippen LogP contribution is 2.22. The molecule has 1 fully saturated rings. The minimum atomic E-state index is 0.828. The van der Waals surface area contributed by atoms with Crippen LogP contribution in [0.25, 0.3) is 0 Å². The molecule has 0 aliphatic carbocycles. The Bertz CT molecular complexity index is 125. The maximum absolute atomic E-state index is 3.74. The molecule has 0 amide bonds. The lowest BCUT2D eigenvalue weighted by Gasteiger charge is -2.25. The first-order valence-corrected chi connectivity index (χ1v) is 6.61. The van der Waals surface area contributed by atoms with Gasteiger partial charge in [0.1, 0.15) is 0 Å². The van der Waals surface area contributed by atoms with Crippen LogP contribution in [-0.2, 0) is 0 Å². The van der Waals surface area contributed by atoms with Gasteiger partial charge in [-0.25, -0.2) is 0 Å². The predicted molar refractivity (Wildman–Crippen MR) is 63.6 cm³/mol. The van der Waals surface area contributed by atoms with Crippen LogP contribution in [0.5, 0.6) is 0 Å². The average molecular weight is 197 g/mol. The van der Waals surface area contributed by atoms with Crippen LogP contribution in [0.4, 0.5) is 0 Å². The zero-order valence-electron chi connectivity index (χ0n) is 10.0. The zero-order chi connectivity index (χ0) is 10.2. The molecule has 2 atom stereocenters. The molecule has 1 nitrogen and oxygen atoms in total. The Balaban J connectivity index is 2.32. The van der Waals surface area contributed by atoms with E-state index in [1.807, 2.05) is 0 Å². The molecule has 1 aliphatic rings. The van der Waals surface area contributed by atoms with Crippen LogP contribution in [0.2, 0.25) is 0 Å². The fourth-order valence-electron chi connectivity index (χ4n) is 2.61. The van der Waals surface area contributed by atoms with Crippen molar-refractivity contribution in [2.24, 2.45) is 5.92 Å². The molecule has 0 aromatic heterocycles. The largest absolute Gasteiger partial charge is 0.314 e. The third-order valence-corrected chi connectivity index (χ3v) is 3.62. The maximum Gasteiger partial charge on any atom is 0.00952 e. The van der Waals surface area contributed by atoms with Crippen LogP contribution >= 0.6 is 0 Å². The maximum atomic E-state index is 3.74. The van der Waals surface area contributed by atoms with Crippen molar-refractivity contribution in [3.63, 3.8) is 0 Å². The van der Waals surface area contributed by atoms with Gasteiger partial charge in [0.25, 0.3) is 0 Å². The minimum absolute atomic E-state index is 0.828. The van der Waals surface area contributed by atoms with E-state index in [0.717, 1.165) is 12.0 Å². The lowest BCUT2D eigenvalue weighted by molar-refractivity contribution is 0.312. The SMILES string of the molecule is CCCCC(CC)C1CCCCCN1. The third-order valence-electron chi connectivity index (χ3n) is 3.62. The number of unbranched alkanes of at least 4 members (excludes halogenated alkanes) is 1. The molecule has 1 saturated heterocycles. The lowest BCUT2D eigenvalue weighted by atomic mass is 9.89. The van der Waals surface area contributed by atoms with Crippen LogP contribution in [0.3, 0.4) is 0 Å². The molecule has 2 unspecified atom stereocenters. The molecule has 14 heavy (non-hydrogen) atoms. The summed E-state index contributed by atoms with van der Waals surface area (Å²) in [5, 5.41) is 3.74. The Morgan fingerprint density at radius 1 is 1.21 bits per heavy atom. The second-order valence-corrected chi connectivity index (χ2v) is 4.72. The van der Waals surface area contributed by atoms with Gasteiger partial charge in [-0.1, -0.05) is 46.0 Å². The van der Waals surface area contributed by atoms with E-state index >= 15 is 0 Å². The molecule has 1 heteroatoms. The van der Waals surface area contributed by atoms with Crippen molar-refractivity contribution in [1.29, 1.82) is 0 Å². The molecular formula is C13H27N. The van der Waals surface area contributed by atoms with E-state index in [1.165, 1.54) is 57.9 Å². The zero-order valence-corrected chi connectivity index (χ0v) is 10.0. The van der Waals surface area contributed by atoms with E-state index in [9.17, 15) is 0 Å². The smallest absolute Gasteiger partial charge is 0.00952 e. The topological polar surface area (TPSA) is 12.0 Å². The summed E-state index contributed by atoms with van der Waals surface area (Å²) in [5.74, 6) is 0.938. The summed E-state index contributed by atoms with van der Waals surface area (Å²) >= 11 is 0. The molecule has 0 saturated carbocycles. The fourth-order valence-corrected chi connectivity index (χ4v) is 2.61. The Kier molecular flexibility index (Phi) is 6.25. The number of rotatable bonds is 5. The molecule has 84 valence electrons. The van der Waals surface area contributed by atoms with Gasteiger partial charge < -0.3 is 5.32 Å². The van der Waals surface area contributed by atoms with Crippen LogP contribution < -0.4 is 5.32 Å². The van der Waals surface area contributed by atoms with Gasteiger partial charge in [-0.05, 0) is 31.7 Å². The van der Waals surface area contributed by atoms with Gasteiger partial charge in [-0.3, -0.25) is 0 Å². The normalized spacial score (nSPS) is 25.7. The van der Waals surface area contributed by atoms with E-state index in [-0.39, 0.29) is 0 Å². The van der Waals surface area contributed by atoms with Crippen molar-refractivity contribution in [2.45, 2.75) is 71.3 Å². The molecule has 1 N–H and O–H groups in total. The number of hydrogen-bond donors (Lipinski definition) is 1.